The highest BCUT2D eigenvalue weighted by Crippen LogP contribution is 2.06. The molecule has 0 radical (unpaired) electrons. The Morgan fingerprint density at radius 2 is 2.29 bits per heavy atom. The van der Waals surface area contributed by atoms with Gasteiger partial charge in [0.25, 0.3) is 0 Å². The lowest BCUT2D eigenvalue weighted by Crippen LogP contribution is -2.27. The first-order valence-electron chi connectivity index (χ1n) is 5.84. The van der Waals surface area contributed by atoms with Crippen LogP contribution in [0.3, 0.4) is 0 Å². The molecule has 0 fully saturated rings. The molecule has 0 aliphatic rings. The maximum atomic E-state index is 11.8. The van der Waals surface area contributed by atoms with Gasteiger partial charge in [-0.05, 0) is 25.8 Å². The SMILES string of the molecule is Cc1nc(CN(C)C(=O)CCC(C)CN)n[nH]1. The van der Waals surface area contributed by atoms with E-state index in [2.05, 4.69) is 15.2 Å². The minimum atomic E-state index is 0.104. The van der Waals surface area contributed by atoms with Crippen LogP contribution in [0.25, 0.3) is 0 Å². The molecule has 0 aliphatic heterocycles. The third-order valence-electron chi connectivity index (χ3n) is 2.70. The fraction of sp³-hybridized carbons (Fsp3) is 0.727. The third kappa shape index (κ3) is 4.52. The number of nitrogens with zero attached hydrogens (tertiary/aromatic N) is 3. The van der Waals surface area contributed by atoms with Crippen LogP contribution in [0.2, 0.25) is 0 Å². The van der Waals surface area contributed by atoms with E-state index in [9.17, 15) is 4.79 Å². The first-order chi connectivity index (χ1) is 8.02. The first kappa shape index (κ1) is 13.6. The fourth-order valence-electron chi connectivity index (χ4n) is 1.44. The molecule has 0 spiro atoms. The van der Waals surface area contributed by atoms with E-state index in [0.29, 0.717) is 31.3 Å². The zero-order valence-corrected chi connectivity index (χ0v) is 10.7. The molecule has 1 aromatic rings. The molecule has 0 saturated carbocycles. The van der Waals surface area contributed by atoms with Gasteiger partial charge >= 0.3 is 0 Å². The lowest BCUT2D eigenvalue weighted by molar-refractivity contribution is -0.130. The van der Waals surface area contributed by atoms with Gasteiger partial charge in [0, 0.05) is 13.5 Å². The highest BCUT2D eigenvalue weighted by molar-refractivity contribution is 5.75. The summed E-state index contributed by atoms with van der Waals surface area (Å²) in [5.74, 6) is 1.90. The lowest BCUT2D eigenvalue weighted by atomic mass is 10.1. The Labute approximate surface area is 102 Å². The van der Waals surface area contributed by atoms with Crippen molar-refractivity contribution in [3.8, 4) is 0 Å². The average Bonchev–Trinajstić information content (AvgIpc) is 2.70. The number of rotatable bonds is 6. The van der Waals surface area contributed by atoms with E-state index < -0.39 is 0 Å². The second-order valence-electron chi connectivity index (χ2n) is 4.47. The molecule has 1 unspecified atom stereocenters. The van der Waals surface area contributed by atoms with Gasteiger partial charge in [-0.15, -0.1) is 0 Å². The van der Waals surface area contributed by atoms with Crippen LogP contribution in [0.4, 0.5) is 0 Å². The molecular formula is C11H21N5O. The van der Waals surface area contributed by atoms with Crippen molar-refractivity contribution in [1.29, 1.82) is 0 Å². The van der Waals surface area contributed by atoms with E-state index in [1.54, 1.807) is 11.9 Å². The number of aryl methyl sites for hydroxylation is 1. The summed E-state index contributed by atoms with van der Waals surface area (Å²) < 4.78 is 0. The van der Waals surface area contributed by atoms with Crippen LogP contribution in [0.15, 0.2) is 0 Å². The molecule has 6 heteroatoms. The van der Waals surface area contributed by atoms with Gasteiger partial charge in [0.05, 0.1) is 6.54 Å². The molecule has 17 heavy (non-hydrogen) atoms. The highest BCUT2D eigenvalue weighted by atomic mass is 16.2. The van der Waals surface area contributed by atoms with Gasteiger partial charge in [-0.25, -0.2) is 4.98 Å². The Balaban J connectivity index is 2.36. The summed E-state index contributed by atoms with van der Waals surface area (Å²) in [7, 11) is 1.77. The van der Waals surface area contributed by atoms with Crippen molar-refractivity contribution in [3.05, 3.63) is 11.6 Å². The van der Waals surface area contributed by atoms with E-state index >= 15 is 0 Å². The average molecular weight is 239 g/mol. The summed E-state index contributed by atoms with van der Waals surface area (Å²) >= 11 is 0. The van der Waals surface area contributed by atoms with Gasteiger partial charge in [-0.2, -0.15) is 5.10 Å². The number of carbonyl (C=O) groups is 1. The van der Waals surface area contributed by atoms with Gasteiger partial charge in [0.15, 0.2) is 5.82 Å². The number of nitrogens with two attached hydrogens (primary N) is 1. The van der Waals surface area contributed by atoms with Gasteiger partial charge in [-0.1, -0.05) is 6.92 Å². The van der Waals surface area contributed by atoms with Crippen molar-refractivity contribution in [2.75, 3.05) is 13.6 Å². The zero-order valence-electron chi connectivity index (χ0n) is 10.7. The Bertz CT molecular complexity index is 362. The van der Waals surface area contributed by atoms with Crippen molar-refractivity contribution >= 4 is 5.91 Å². The predicted molar refractivity (Wildman–Crippen MR) is 65.0 cm³/mol. The van der Waals surface area contributed by atoms with Crippen LogP contribution in [-0.2, 0) is 11.3 Å². The number of H-pyrrole nitrogens is 1. The maximum absolute atomic E-state index is 11.8. The number of nitrogens with one attached hydrogen (secondary N) is 1. The summed E-state index contributed by atoms with van der Waals surface area (Å²) in [6.45, 7) is 4.95. The van der Waals surface area contributed by atoms with Crippen LogP contribution in [0.1, 0.15) is 31.4 Å². The van der Waals surface area contributed by atoms with Crippen molar-refractivity contribution in [3.63, 3.8) is 0 Å². The van der Waals surface area contributed by atoms with Crippen molar-refractivity contribution < 1.29 is 4.79 Å². The van der Waals surface area contributed by atoms with Crippen LogP contribution in [0, 0.1) is 12.8 Å². The van der Waals surface area contributed by atoms with Crippen molar-refractivity contribution in [2.24, 2.45) is 11.7 Å². The van der Waals surface area contributed by atoms with Crippen LogP contribution in [0.5, 0.6) is 0 Å². The Morgan fingerprint density at radius 1 is 1.59 bits per heavy atom. The summed E-state index contributed by atoms with van der Waals surface area (Å²) in [6.07, 6.45) is 1.35. The topological polar surface area (TPSA) is 87.9 Å². The van der Waals surface area contributed by atoms with E-state index in [4.69, 9.17) is 5.73 Å². The largest absolute Gasteiger partial charge is 0.338 e. The molecule has 0 saturated heterocycles. The van der Waals surface area contributed by atoms with E-state index in [-0.39, 0.29) is 5.91 Å². The van der Waals surface area contributed by atoms with Gasteiger partial charge in [0.1, 0.15) is 5.82 Å². The molecule has 6 nitrogen and oxygen atoms in total. The molecule has 1 aromatic heterocycles. The van der Waals surface area contributed by atoms with E-state index in [1.807, 2.05) is 13.8 Å². The number of carbonyl (C=O) groups excluding carboxylic acids is 1. The van der Waals surface area contributed by atoms with Crippen molar-refractivity contribution in [1.82, 2.24) is 20.1 Å². The molecule has 3 N–H and O–H groups in total. The molecule has 0 bridgehead atoms. The Morgan fingerprint density at radius 3 is 2.82 bits per heavy atom. The molecule has 0 aromatic carbocycles. The summed E-state index contributed by atoms with van der Waals surface area (Å²) in [4.78, 5) is 17.6. The minimum Gasteiger partial charge on any atom is -0.338 e. The molecule has 1 atom stereocenters. The number of aromatic nitrogens is 3. The van der Waals surface area contributed by atoms with Crippen molar-refractivity contribution in [2.45, 2.75) is 33.2 Å². The standard InChI is InChI=1S/C11H21N5O/c1-8(6-12)4-5-11(17)16(3)7-10-13-9(2)14-15-10/h8H,4-7,12H2,1-3H3,(H,13,14,15). The third-order valence-corrected chi connectivity index (χ3v) is 2.70. The van der Waals surface area contributed by atoms with Crippen LogP contribution >= 0.6 is 0 Å². The number of aromatic amines is 1. The Kier molecular flexibility index (Phi) is 5.09. The van der Waals surface area contributed by atoms with Gasteiger partial charge in [0.2, 0.25) is 5.91 Å². The minimum absolute atomic E-state index is 0.104. The first-order valence-corrected chi connectivity index (χ1v) is 5.84. The number of hydrogen-bond donors (Lipinski definition) is 2. The molecule has 1 rings (SSSR count). The zero-order chi connectivity index (χ0) is 12.8. The predicted octanol–water partition coefficient (Wildman–Crippen LogP) is 0.447. The monoisotopic (exact) mass is 239 g/mol. The summed E-state index contributed by atoms with van der Waals surface area (Å²) in [5.41, 5.74) is 5.51. The molecule has 96 valence electrons. The van der Waals surface area contributed by atoms with Gasteiger partial charge < -0.3 is 10.6 Å². The second-order valence-corrected chi connectivity index (χ2v) is 4.47. The fourth-order valence-corrected chi connectivity index (χ4v) is 1.44. The quantitative estimate of drug-likeness (QED) is 0.754. The number of hydrogen-bond acceptors (Lipinski definition) is 4. The molecule has 1 heterocycles. The van der Waals surface area contributed by atoms with E-state index in [0.717, 1.165) is 12.2 Å². The molecule has 0 aliphatic carbocycles. The summed E-state index contributed by atoms with van der Waals surface area (Å²) in [5, 5.41) is 6.76. The van der Waals surface area contributed by atoms with Gasteiger partial charge in [-0.3, -0.25) is 9.89 Å². The number of amides is 1. The second kappa shape index (κ2) is 6.34. The summed E-state index contributed by atoms with van der Waals surface area (Å²) in [6, 6.07) is 0. The van der Waals surface area contributed by atoms with Crippen LogP contribution < -0.4 is 5.73 Å². The highest BCUT2D eigenvalue weighted by Gasteiger charge is 2.12. The smallest absolute Gasteiger partial charge is 0.222 e. The van der Waals surface area contributed by atoms with Crippen LogP contribution in [-0.4, -0.2) is 39.6 Å². The Hall–Kier alpha value is -1.43. The molecular weight excluding hydrogens is 218 g/mol. The molecule has 1 amide bonds. The lowest BCUT2D eigenvalue weighted by Gasteiger charge is -2.16. The maximum Gasteiger partial charge on any atom is 0.222 e. The normalized spacial score (nSPS) is 12.5. The van der Waals surface area contributed by atoms with E-state index in [1.165, 1.54) is 0 Å².